The topological polar surface area (TPSA) is 64.1 Å². The zero-order chi connectivity index (χ0) is 9.23. The van der Waals surface area contributed by atoms with Crippen LogP contribution in [0.3, 0.4) is 0 Å². The van der Waals surface area contributed by atoms with Gasteiger partial charge in [-0.25, -0.2) is 0 Å². The molecule has 0 heterocycles. The minimum absolute atomic E-state index is 0.668. The van der Waals surface area contributed by atoms with Crippen molar-refractivity contribution in [3.8, 4) is 0 Å². The number of hydrogen-bond donors (Lipinski definition) is 3. The zero-order valence-corrected chi connectivity index (χ0v) is 8.18. The summed E-state index contributed by atoms with van der Waals surface area (Å²) in [6.45, 7) is 5.94. The Labute approximate surface area is 75.9 Å². The Kier molecular flexibility index (Phi) is 8.88. The fraction of sp³-hybridized carbons (Fsp3) is 1.00. The Morgan fingerprint density at radius 2 is 1.83 bits per heavy atom. The fourth-order valence-corrected chi connectivity index (χ4v) is 1.05. The van der Waals surface area contributed by atoms with E-state index in [1.807, 2.05) is 0 Å². The van der Waals surface area contributed by atoms with Crippen LogP contribution in [0.5, 0.6) is 0 Å². The second-order valence-corrected chi connectivity index (χ2v) is 3.38. The molecule has 0 spiro atoms. The SMILES string of the molecule is CC(CN)CCCNCCCN. The van der Waals surface area contributed by atoms with E-state index in [4.69, 9.17) is 11.5 Å². The van der Waals surface area contributed by atoms with Crippen LogP contribution in [0.1, 0.15) is 26.2 Å². The molecule has 0 aromatic heterocycles. The van der Waals surface area contributed by atoms with Crippen LogP contribution >= 0.6 is 0 Å². The van der Waals surface area contributed by atoms with Crippen molar-refractivity contribution in [2.24, 2.45) is 17.4 Å². The van der Waals surface area contributed by atoms with Crippen molar-refractivity contribution in [3.05, 3.63) is 0 Å². The molecule has 3 nitrogen and oxygen atoms in total. The normalized spacial score (nSPS) is 13.2. The lowest BCUT2D eigenvalue weighted by atomic mass is 10.1. The van der Waals surface area contributed by atoms with Crippen LogP contribution in [0.2, 0.25) is 0 Å². The van der Waals surface area contributed by atoms with Gasteiger partial charge in [0.2, 0.25) is 0 Å². The lowest BCUT2D eigenvalue weighted by Crippen LogP contribution is -2.20. The van der Waals surface area contributed by atoms with Crippen LogP contribution in [-0.2, 0) is 0 Å². The summed E-state index contributed by atoms with van der Waals surface area (Å²) in [6, 6.07) is 0. The van der Waals surface area contributed by atoms with Gasteiger partial charge in [-0.3, -0.25) is 0 Å². The van der Waals surface area contributed by atoms with Gasteiger partial charge in [-0.15, -0.1) is 0 Å². The quantitative estimate of drug-likeness (QED) is 0.463. The van der Waals surface area contributed by atoms with Gasteiger partial charge in [-0.2, -0.15) is 0 Å². The summed E-state index contributed by atoms with van der Waals surface area (Å²) in [5.74, 6) is 0.668. The summed E-state index contributed by atoms with van der Waals surface area (Å²) in [5, 5.41) is 3.34. The fourth-order valence-electron chi connectivity index (χ4n) is 1.05. The largest absolute Gasteiger partial charge is 0.330 e. The summed E-state index contributed by atoms with van der Waals surface area (Å²) >= 11 is 0. The van der Waals surface area contributed by atoms with Crippen LogP contribution in [0.15, 0.2) is 0 Å². The van der Waals surface area contributed by atoms with Gasteiger partial charge >= 0.3 is 0 Å². The van der Waals surface area contributed by atoms with E-state index in [9.17, 15) is 0 Å². The molecule has 0 saturated heterocycles. The first-order valence-corrected chi connectivity index (χ1v) is 4.92. The standard InChI is InChI=1S/C9H23N3/c1-9(8-11)4-2-6-12-7-3-5-10/h9,12H,2-8,10-11H2,1H3. The molecule has 5 N–H and O–H groups in total. The number of hydrogen-bond acceptors (Lipinski definition) is 3. The molecule has 0 amide bonds. The minimum atomic E-state index is 0.668. The maximum absolute atomic E-state index is 5.50. The lowest BCUT2D eigenvalue weighted by Gasteiger charge is -2.08. The maximum atomic E-state index is 5.50. The Morgan fingerprint density at radius 3 is 2.42 bits per heavy atom. The molecule has 74 valence electrons. The van der Waals surface area contributed by atoms with Crippen molar-refractivity contribution in [2.75, 3.05) is 26.2 Å². The third-order valence-electron chi connectivity index (χ3n) is 2.01. The Hall–Kier alpha value is -0.120. The van der Waals surface area contributed by atoms with Gasteiger partial charge in [0.05, 0.1) is 0 Å². The Morgan fingerprint density at radius 1 is 1.17 bits per heavy atom. The molecule has 3 heteroatoms. The summed E-state index contributed by atoms with van der Waals surface area (Å²) in [4.78, 5) is 0. The summed E-state index contributed by atoms with van der Waals surface area (Å²) in [7, 11) is 0. The lowest BCUT2D eigenvalue weighted by molar-refractivity contribution is 0.500. The predicted octanol–water partition coefficient (Wildman–Crippen LogP) is 0.300. The predicted molar refractivity (Wildman–Crippen MR) is 54.0 cm³/mol. The molecule has 0 aliphatic carbocycles. The van der Waals surface area contributed by atoms with E-state index >= 15 is 0 Å². The highest BCUT2D eigenvalue weighted by molar-refractivity contribution is 4.55. The highest BCUT2D eigenvalue weighted by Crippen LogP contribution is 2.01. The van der Waals surface area contributed by atoms with E-state index < -0.39 is 0 Å². The Balaban J connectivity index is 2.90. The number of nitrogens with one attached hydrogen (secondary N) is 1. The molecular weight excluding hydrogens is 150 g/mol. The van der Waals surface area contributed by atoms with Gasteiger partial charge in [0.1, 0.15) is 0 Å². The van der Waals surface area contributed by atoms with Crippen LogP contribution in [0.25, 0.3) is 0 Å². The van der Waals surface area contributed by atoms with Gasteiger partial charge in [0.15, 0.2) is 0 Å². The van der Waals surface area contributed by atoms with Crippen molar-refractivity contribution in [1.29, 1.82) is 0 Å². The highest BCUT2D eigenvalue weighted by Gasteiger charge is 1.97. The van der Waals surface area contributed by atoms with Crippen LogP contribution in [0.4, 0.5) is 0 Å². The second-order valence-electron chi connectivity index (χ2n) is 3.38. The average molecular weight is 173 g/mol. The third kappa shape index (κ3) is 7.98. The molecule has 1 unspecified atom stereocenters. The van der Waals surface area contributed by atoms with Crippen molar-refractivity contribution < 1.29 is 0 Å². The molecule has 0 aliphatic heterocycles. The summed E-state index contributed by atoms with van der Waals surface area (Å²) in [6.07, 6.45) is 3.53. The first-order chi connectivity index (χ1) is 5.81. The smallest absolute Gasteiger partial charge is 0.00369 e. The number of rotatable bonds is 8. The van der Waals surface area contributed by atoms with E-state index in [0.29, 0.717) is 5.92 Å². The van der Waals surface area contributed by atoms with Crippen LogP contribution < -0.4 is 16.8 Å². The third-order valence-corrected chi connectivity index (χ3v) is 2.01. The first kappa shape index (κ1) is 11.9. The highest BCUT2D eigenvalue weighted by atomic mass is 14.8. The van der Waals surface area contributed by atoms with Crippen molar-refractivity contribution in [3.63, 3.8) is 0 Å². The first-order valence-electron chi connectivity index (χ1n) is 4.92. The molecule has 0 aromatic carbocycles. The Bertz CT molecular complexity index is 85.8. The molecular formula is C9H23N3. The van der Waals surface area contributed by atoms with Crippen molar-refractivity contribution in [1.82, 2.24) is 5.32 Å². The maximum Gasteiger partial charge on any atom is -0.00369 e. The van der Waals surface area contributed by atoms with E-state index in [-0.39, 0.29) is 0 Å². The molecule has 1 atom stereocenters. The van der Waals surface area contributed by atoms with Crippen LogP contribution in [0, 0.1) is 5.92 Å². The van der Waals surface area contributed by atoms with E-state index in [0.717, 1.165) is 32.6 Å². The van der Waals surface area contributed by atoms with Gasteiger partial charge < -0.3 is 16.8 Å². The molecule has 0 bridgehead atoms. The summed E-state index contributed by atoms with van der Waals surface area (Å²) in [5.41, 5.74) is 10.9. The van der Waals surface area contributed by atoms with Gasteiger partial charge in [-0.1, -0.05) is 6.92 Å². The summed E-state index contributed by atoms with van der Waals surface area (Å²) < 4.78 is 0. The van der Waals surface area contributed by atoms with Gasteiger partial charge in [-0.05, 0) is 51.4 Å². The molecule has 0 fully saturated rings. The van der Waals surface area contributed by atoms with Crippen LogP contribution in [-0.4, -0.2) is 26.2 Å². The minimum Gasteiger partial charge on any atom is -0.330 e. The van der Waals surface area contributed by atoms with E-state index in [2.05, 4.69) is 12.2 Å². The monoisotopic (exact) mass is 173 g/mol. The zero-order valence-electron chi connectivity index (χ0n) is 8.18. The second kappa shape index (κ2) is 8.97. The molecule has 0 rings (SSSR count). The van der Waals surface area contributed by atoms with E-state index in [1.54, 1.807) is 0 Å². The van der Waals surface area contributed by atoms with Gasteiger partial charge in [0.25, 0.3) is 0 Å². The molecule has 12 heavy (non-hydrogen) atoms. The van der Waals surface area contributed by atoms with Crippen molar-refractivity contribution >= 4 is 0 Å². The van der Waals surface area contributed by atoms with E-state index in [1.165, 1.54) is 12.8 Å². The molecule has 0 aromatic rings. The average Bonchev–Trinajstić information content (AvgIpc) is 2.10. The van der Waals surface area contributed by atoms with Gasteiger partial charge in [0, 0.05) is 0 Å². The number of nitrogens with two attached hydrogens (primary N) is 2. The molecule has 0 saturated carbocycles. The molecule has 0 aliphatic rings. The molecule has 0 radical (unpaired) electrons. The van der Waals surface area contributed by atoms with Crippen molar-refractivity contribution in [2.45, 2.75) is 26.2 Å².